The first kappa shape index (κ1) is 10.6. The van der Waals surface area contributed by atoms with Gasteiger partial charge < -0.3 is 0 Å². The van der Waals surface area contributed by atoms with E-state index in [-0.39, 0.29) is 16.7 Å². The Bertz CT molecular complexity index is 387. The van der Waals surface area contributed by atoms with E-state index in [1.165, 1.54) is 11.6 Å². The van der Waals surface area contributed by atoms with Gasteiger partial charge >= 0.3 is 5.51 Å². The molecule has 0 atom stereocenters. The monoisotopic (exact) mass is 230 g/mol. The zero-order chi connectivity index (χ0) is 10.9. The quantitative estimate of drug-likeness (QED) is 0.675. The lowest BCUT2D eigenvalue weighted by molar-refractivity contribution is -0.0328. The van der Waals surface area contributed by atoms with Crippen LogP contribution in [-0.2, 0) is 0 Å². The maximum absolute atomic E-state index is 12.1. The predicted molar refractivity (Wildman–Crippen MR) is 55.6 cm³/mol. The molecule has 15 heavy (non-hydrogen) atoms. The minimum Gasteiger partial charge on any atom is -0.160 e. The van der Waals surface area contributed by atoms with Crippen molar-refractivity contribution in [2.24, 2.45) is 0 Å². The Morgan fingerprint density at radius 2 is 1.93 bits per heavy atom. The summed E-state index contributed by atoms with van der Waals surface area (Å²) in [5.74, 6) is 0. The predicted octanol–water partition coefficient (Wildman–Crippen LogP) is 4.48. The summed E-state index contributed by atoms with van der Waals surface area (Å²) in [6, 6.07) is 6.53. The summed E-state index contributed by atoms with van der Waals surface area (Å²) in [6.07, 6.45) is 4.12. The molecule has 0 aromatic heterocycles. The zero-order valence-electron chi connectivity index (χ0n) is 7.84. The third-order valence-corrected chi connectivity index (χ3v) is 2.72. The normalized spacial score (nSPS) is 15.3. The summed E-state index contributed by atoms with van der Waals surface area (Å²) in [4.78, 5) is 0.248. The number of hydrogen-bond acceptors (Lipinski definition) is 1. The highest BCUT2D eigenvalue weighted by Gasteiger charge is 2.29. The Hall–Kier alpha value is -0.900. The Balaban J connectivity index is 2.15. The Morgan fingerprint density at radius 3 is 2.53 bits per heavy atom. The van der Waals surface area contributed by atoms with Crippen LogP contribution < -0.4 is 0 Å². The van der Waals surface area contributed by atoms with Crippen molar-refractivity contribution in [2.45, 2.75) is 23.2 Å². The molecule has 0 spiro atoms. The van der Waals surface area contributed by atoms with Crippen LogP contribution in [0.3, 0.4) is 0 Å². The van der Waals surface area contributed by atoms with E-state index in [0.29, 0.717) is 0 Å². The molecule has 1 fully saturated rings. The summed E-state index contributed by atoms with van der Waals surface area (Å²) < 4.78 is 36.3. The highest BCUT2D eigenvalue weighted by Crippen LogP contribution is 2.37. The number of hydrogen-bond donors (Lipinski definition) is 0. The number of benzene rings is 1. The van der Waals surface area contributed by atoms with E-state index in [9.17, 15) is 13.2 Å². The van der Waals surface area contributed by atoms with Gasteiger partial charge in [0.25, 0.3) is 0 Å². The molecule has 1 saturated carbocycles. The summed E-state index contributed by atoms with van der Waals surface area (Å²) in [5.41, 5.74) is -2.04. The highest BCUT2D eigenvalue weighted by atomic mass is 32.2. The van der Waals surface area contributed by atoms with E-state index in [1.807, 2.05) is 12.1 Å². The van der Waals surface area contributed by atoms with E-state index in [1.54, 1.807) is 12.1 Å². The first-order chi connectivity index (χ1) is 7.03. The van der Waals surface area contributed by atoms with Crippen LogP contribution in [0.2, 0.25) is 0 Å². The SMILES string of the molecule is FC(F)(F)Sc1cccc(C=C2CC2)c1. The number of allylic oxidation sites excluding steroid dienone is 1. The number of thioether (sulfide) groups is 1. The fourth-order valence-corrected chi connectivity index (χ4v) is 1.86. The fraction of sp³-hybridized carbons (Fsp3) is 0.273. The Kier molecular flexibility index (Phi) is 2.78. The smallest absolute Gasteiger partial charge is 0.160 e. The second kappa shape index (κ2) is 3.93. The van der Waals surface area contributed by atoms with E-state index < -0.39 is 5.51 Å². The van der Waals surface area contributed by atoms with Gasteiger partial charge in [-0.3, -0.25) is 0 Å². The van der Waals surface area contributed by atoms with Crippen molar-refractivity contribution in [3.63, 3.8) is 0 Å². The van der Waals surface area contributed by atoms with Gasteiger partial charge in [-0.05, 0) is 42.3 Å². The van der Waals surface area contributed by atoms with Gasteiger partial charge in [0.1, 0.15) is 0 Å². The van der Waals surface area contributed by atoms with Crippen LogP contribution >= 0.6 is 11.8 Å². The third-order valence-electron chi connectivity index (χ3n) is 2.00. The van der Waals surface area contributed by atoms with E-state index in [2.05, 4.69) is 0 Å². The molecule has 0 N–H and O–H groups in total. The Morgan fingerprint density at radius 1 is 1.20 bits per heavy atom. The van der Waals surface area contributed by atoms with Gasteiger partial charge in [0.05, 0.1) is 0 Å². The van der Waals surface area contributed by atoms with Crippen LogP contribution in [0.5, 0.6) is 0 Å². The molecule has 0 amide bonds. The molecule has 0 unspecified atom stereocenters. The standard InChI is InChI=1S/C11H9F3S/c12-11(13,14)15-10-3-1-2-9(7-10)6-8-4-5-8/h1-3,6-7H,4-5H2. The van der Waals surface area contributed by atoms with Crippen LogP contribution in [0.15, 0.2) is 34.7 Å². The van der Waals surface area contributed by atoms with Gasteiger partial charge in [-0.2, -0.15) is 13.2 Å². The number of alkyl halides is 3. The van der Waals surface area contributed by atoms with Gasteiger partial charge in [-0.1, -0.05) is 23.8 Å². The van der Waals surface area contributed by atoms with Gasteiger partial charge in [0, 0.05) is 4.90 Å². The first-order valence-corrected chi connectivity index (χ1v) is 5.40. The van der Waals surface area contributed by atoms with Crippen molar-refractivity contribution < 1.29 is 13.2 Å². The van der Waals surface area contributed by atoms with Crippen LogP contribution in [0, 0.1) is 0 Å². The third kappa shape index (κ3) is 3.63. The molecule has 1 aliphatic rings. The van der Waals surface area contributed by atoms with Crippen LogP contribution in [0.1, 0.15) is 18.4 Å². The molecular formula is C11H9F3S. The zero-order valence-corrected chi connectivity index (χ0v) is 8.66. The molecule has 0 nitrogen and oxygen atoms in total. The molecule has 1 aliphatic carbocycles. The molecule has 4 heteroatoms. The van der Waals surface area contributed by atoms with Crippen molar-refractivity contribution in [2.75, 3.05) is 0 Å². The summed E-state index contributed by atoms with van der Waals surface area (Å²) >= 11 is -0.0669. The lowest BCUT2D eigenvalue weighted by Crippen LogP contribution is -1.98. The van der Waals surface area contributed by atoms with Crippen LogP contribution in [0.4, 0.5) is 13.2 Å². The molecule has 0 bridgehead atoms. The molecule has 0 radical (unpaired) electrons. The van der Waals surface area contributed by atoms with Crippen LogP contribution in [-0.4, -0.2) is 5.51 Å². The largest absolute Gasteiger partial charge is 0.446 e. The number of halogens is 3. The maximum Gasteiger partial charge on any atom is 0.446 e. The molecule has 1 aromatic rings. The van der Waals surface area contributed by atoms with Gasteiger partial charge in [-0.25, -0.2) is 0 Å². The van der Waals surface area contributed by atoms with Crippen molar-refractivity contribution in [3.05, 3.63) is 35.4 Å². The highest BCUT2D eigenvalue weighted by molar-refractivity contribution is 8.00. The summed E-state index contributed by atoms with van der Waals surface area (Å²) in [5, 5.41) is 0. The molecule has 0 saturated heterocycles. The average Bonchev–Trinajstić information content (AvgIpc) is 2.85. The average molecular weight is 230 g/mol. The van der Waals surface area contributed by atoms with E-state index in [4.69, 9.17) is 0 Å². The lowest BCUT2D eigenvalue weighted by atomic mass is 10.2. The Labute approximate surface area is 90.2 Å². The minimum atomic E-state index is -4.20. The first-order valence-electron chi connectivity index (χ1n) is 4.58. The molecule has 0 heterocycles. The van der Waals surface area contributed by atoms with Crippen molar-refractivity contribution >= 4 is 17.8 Å². The molecule has 0 aliphatic heterocycles. The summed E-state index contributed by atoms with van der Waals surface area (Å²) in [7, 11) is 0. The van der Waals surface area contributed by atoms with Gasteiger partial charge in [0.2, 0.25) is 0 Å². The molecule has 1 aromatic carbocycles. The topological polar surface area (TPSA) is 0 Å². The summed E-state index contributed by atoms with van der Waals surface area (Å²) in [6.45, 7) is 0. The van der Waals surface area contributed by atoms with E-state index in [0.717, 1.165) is 18.4 Å². The molecule has 2 rings (SSSR count). The molecular weight excluding hydrogens is 221 g/mol. The van der Waals surface area contributed by atoms with Gasteiger partial charge in [0.15, 0.2) is 0 Å². The van der Waals surface area contributed by atoms with Gasteiger partial charge in [-0.15, -0.1) is 0 Å². The second-order valence-electron chi connectivity index (χ2n) is 3.42. The minimum absolute atomic E-state index is 0.0669. The van der Waals surface area contributed by atoms with Crippen molar-refractivity contribution in [1.29, 1.82) is 0 Å². The van der Waals surface area contributed by atoms with Crippen molar-refractivity contribution in [1.82, 2.24) is 0 Å². The lowest BCUT2D eigenvalue weighted by Gasteiger charge is -2.05. The van der Waals surface area contributed by atoms with E-state index >= 15 is 0 Å². The fourth-order valence-electron chi connectivity index (χ4n) is 1.25. The van der Waals surface area contributed by atoms with Crippen molar-refractivity contribution in [3.8, 4) is 0 Å². The number of rotatable bonds is 2. The maximum atomic E-state index is 12.1. The second-order valence-corrected chi connectivity index (χ2v) is 4.56. The molecule has 80 valence electrons. The van der Waals surface area contributed by atoms with Crippen LogP contribution in [0.25, 0.3) is 6.08 Å².